The average molecular weight is 228 g/mol. The lowest BCUT2D eigenvalue weighted by atomic mass is 10.2. The third-order valence-corrected chi connectivity index (χ3v) is 2.51. The lowest BCUT2D eigenvalue weighted by Gasteiger charge is -2.29. The topological polar surface area (TPSA) is 53.6 Å². The molecule has 0 spiro atoms. The van der Waals surface area contributed by atoms with Crippen molar-refractivity contribution in [2.45, 2.75) is 59.4 Å². The average Bonchev–Trinajstić information content (AvgIpc) is 2.27. The van der Waals surface area contributed by atoms with Crippen LogP contribution < -0.4 is 11.3 Å². The van der Waals surface area contributed by atoms with Crippen molar-refractivity contribution >= 4 is 5.96 Å². The van der Waals surface area contributed by atoms with Gasteiger partial charge in [0.05, 0.1) is 0 Å². The molecule has 0 heterocycles. The van der Waals surface area contributed by atoms with E-state index in [1.165, 1.54) is 19.3 Å². The molecule has 0 rings (SSSR count). The molecule has 0 aliphatic carbocycles. The standard InChI is InChI=1S/C12H28N4/c1-5-7-8-10-16(11(3)4)12(15-13)14-9-6-2/h11H,5-10,13H2,1-4H3,(H,14,15). The van der Waals surface area contributed by atoms with Gasteiger partial charge in [-0.05, 0) is 26.7 Å². The summed E-state index contributed by atoms with van der Waals surface area (Å²) in [6, 6.07) is 0.434. The Morgan fingerprint density at radius 3 is 2.38 bits per heavy atom. The summed E-state index contributed by atoms with van der Waals surface area (Å²) in [6.07, 6.45) is 4.74. The predicted octanol–water partition coefficient (Wildman–Crippen LogP) is 2.12. The molecule has 0 unspecified atom stereocenters. The van der Waals surface area contributed by atoms with Crippen molar-refractivity contribution in [3.63, 3.8) is 0 Å². The Morgan fingerprint density at radius 1 is 1.25 bits per heavy atom. The summed E-state index contributed by atoms with van der Waals surface area (Å²) < 4.78 is 0. The van der Waals surface area contributed by atoms with Crippen LogP contribution in [0.5, 0.6) is 0 Å². The van der Waals surface area contributed by atoms with Crippen LogP contribution in [0.3, 0.4) is 0 Å². The number of hydrazine groups is 1. The van der Waals surface area contributed by atoms with E-state index in [2.05, 4.69) is 43.0 Å². The van der Waals surface area contributed by atoms with Gasteiger partial charge in [-0.3, -0.25) is 10.4 Å². The molecule has 0 atom stereocenters. The van der Waals surface area contributed by atoms with Gasteiger partial charge in [-0.1, -0.05) is 26.7 Å². The summed E-state index contributed by atoms with van der Waals surface area (Å²) in [5.74, 6) is 6.36. The van der Waals surface area contributed by atoms with Crippen LogP contribution >= 0.6 is 0 Å². The highest BCUT2D eigenvalue weighted by Crippen LogP contribution is 2.04. The van der Waals surface area contributed by atoms with Gasteiger partial charge in [-0.15, -0.1) is 0 Å². The number of hydrogen-bond acceptors (Lipinski definition) is 2. The molecule has 0 aliphatic rings. The van der Waals surface area contributed by atoms with Crippen LogP contribution in [0.25, 0.3) is 0 Å². The number of unbranched alkanes of at least 4 members (excludes halogenated alkanes) is 2. The van der Waals surface area contributed by atoms with E-state index < -0.39 is 0 Å². The Kier molecular flexibility index (Phi) is 9.00. The van der Waals surface area contributed by atoms with Crippen LogP contribution in [0.4, 0.5) is 0 Å². The molecule has 0 aromatic heterocycles. The molecular weight excluding hydrogens is 200 g/mol. The van der Waals surface area contributed by atoms with E-state index in [-0.39, 0.29) is 0 Å². The van der Waals surface area contributed by atoms with Gasteiger partial charge in [0.15, 0.2) is 0 Å². The second kappa shape index (κ2) is 9.46. The number of rotatable bonds is 7. The SMILES string of the molecule is CCCCCN(C(=NCCC)NN)C(C)C. The molecule has 0 aliphatic heterocycles. The van der Waals surface area contributed by atoms with Crippen molar-refractivity contribution in [2.75, 3.05) is 13.1 Å². The molecule has 0 aromatic carbocycles. The maximum Gasteiger partial charge on any atom is 0.208 e. The highest BCUT2D eigenvalue weighted by Gasteiger charge is 2.12. The van der Waals surface area contributed by atoms with Crippen molar-refractivity contribution in [3.05, 3.63) is 0 Å². The second-order valence-corrected chi connectivity index (χ2v) is 4.34. The van der Waals surface area contributed by atoms with Gasteiger partial charge in [-0.2, -0.15) is 0 Å². The van der Waals surface area contributed by atoms with Crippen molar-refractivity contribution in [2.24, 2.45) is 10.8 Å². The molecule has 0 saturated carbocycles. The molecular formula is C12H28N4. The Hall–Kier alpha value is -0.770. The Labute approximate surface area is 100 Å². The molecule has 0 radical (unpaired) electrons. The molecule has 0 bridgehead atoms. The van der Waals surface area contributed by atoms with E-state index in [9.17, 15) is 0 Å². The van der Waals surface area contributed by atoms with Gasteiger partial charge < -0.3 is 4.90 Å². The van der Waals surface area contributed by atoms with Crippen LogP contribution in [0.1, 0.15) is 53.4 Å². The first kappa shape index (κ1) is 15.2. The number of guanidine groups is 1. The van der Waals surface area contributed by atoms with Crippen LogP contribution in [-0.4, -0.2) is 30.0 Å². The van der Waals surface area contributed by atoms with Gasteiger partial charge in [0.2, 0.25) is 5.96 Å². The fraction of sp³-hybridized carbons (Fsp3) is 0.917. The van der Waals surface area contributed by atoms with Crippen LogP contribution in [-0.2, 0) is 0 Å². The number of nitrogens with zero attached hydrogens (tertiary/aromatic N) is 2. The number of nitrogens with one attached hydrogen (secondary N) is 1. The van der Waals surface area contributed by atoms with Gasteiger partial charge in [0.1, 0.15) is 0 Å². The van der Waals surface area contributed by atoms with E-state index in [1.54, 1.807) is 0 Å². The fourth-order valence-corrected chi connectivity index (χ4v) is 1.58. The van der Waals surface area contributed by atoms with Gasteiger partial charge in [-0.25, -0.2) is 5.84 Å². The molecule has 4 heteroatoms. The third kappa shape index (κ3) is 5.95. The predicted molar refractivity (Wildman–Crippen MR) is 71.3 cm³/mol. The van der Waals surface area contributed by atoms with Crippen molar-refractivity contribution < 1.29 is 0 Å². The molecule has 3 N–H and O–H groups in total. The molecule has 0 saturated heterocycles. The summed E-state index contributed by atoms with van der Waals surface area (Å²) in [5.41, 5.74) is 2.72. The second-order valence-electron chi connectivity index (χ2n) is 4.34. The largest absolute Gasteiger partial charge is 0.340 e. The highest BCUT2D eigenvalue weighted by molar-refractivity contribution is 5.79. The van der Waals surface area contributed by atoms with Gasteiger partial charge in [0, 0.05) is 19.1 Å². The maximum absolute atomic E-state index is 5.53. The minimum absolute atomic E-state index is 0.434. The van der Waals surface area contributed by atoms with Crippen molar-refractivity contribution in [3.8, 4) is 0 Å². The lowest BCUT2D eigenvalue weighted by molar-refractivity contribution is 0.328. The minimum atomic E-state index is 0.434. The summed E-state index contributed by atoms with van der Waals surface area (Å²) in [7, 11) is 0. The van der Waals surface area contributed by atoms with Crippen molar-refractivity contribution in [1.82, 2.24) is 10.3 Å². The lowest BCUT2D eigenvalue weighted by Crippen LogP contribution is -2.48. The van der Waals surface area contributed by atoms with Crippen LogP contribution in [0, 0.1) is 0 Å². The van der Waals surface area contributed by atoms with Gasteiger partial charge in [0.25, 0.3) is 0 Å². The quantitative estimate of drug-likeness (QED) is 0.231. The summed E-state index contributed by atoms with van der Waals surface area (Å²) in [5, 5.41) is 0. The minimum Gasteiger partial charge on any atom is -0.340 e. The number of nitrogens with two attached hydrogens (primary N) is 1. The number of hydrogen-bond donors (Lipinski definition) is 2. The Morgan fingerprint density at radius 2 is 1.94 bits per heavy atom. The summed E-state index contributed by atoms with van der Waals surface area (Å²) in [6.45, 7) is 10.5. The zero-order chi connectivity index (χ0) is 12.4. The van der Waals surface area contributed by atoms with Crippen LogP contribution in [0.15, 0.2) is 4.99 Å². The van der Waals surface area contributed by atoms with E-state index in [4.69, 9.17) is 5.84 Å². The summed E-state index contributed by atoms with van der Waals surface area (Å²) >= 11 is 0. The van der Waals surface area contributed by atoms with Crippen molar-refractivity contribution in [1.29, 1.82) is 0 Å². The van der Waals surface area contributed by atoms with E-state index >= 15 is 0 Å². The first-order valence-corrected chi connectivity index (χ1v) is 6.45. The molecule has 96 valence electrons. The van der Waals surface area contributed by atoms with Gasteiger partial charge >= 0.3 is 0 Å². The van der Waals surface area contributed by atoms with Crippen LogP contribution in [0.2, 0.25) is 0 Å². The first-order valence-electron chi connectivity index (χ1n) is 6.45. The molecule has 4 nitrogen and oxygen atoms in total. The Balaban J connectivity index is 4.35. The summed E-state index contributed by atoms with van der Waals surface area (Å²) in [4.78, 5) is 6.71. The fourth-order valence-electron chi connectivity index (χ4n) is 1.58. The molecule has 16 heavy (non-hydrogen) atoms. The zero-order valence-corrected chi connectivity index (χ0v) is 11.3. The maximum atomic E-state index is 5.53. The Bertz CT molecular complexity index is 189. The monoisotopic (exact) mass is 228 g/mol. The smallest absolute Gasteiger partial charge is 0.208 e. The third-order valence-electron chi connectivity index (χ3n) is 2.51. The van der Waals surface area contributed by atoms with E-state index in [1.807, 2.05) is 0 Å². The normalized spacial score (nSPS) is 12.0. The van der Waals surface area contributed by atoms with E-state index in [0.717, 1.165) is 25.5 Å². The number of aliphatic imine (C=N–C) groups is 1. The molecule has 0 aromatic rings. The van der Waals surface area contributed by atoms with E-state index in [0.29, 0.717) is 6.04 Å². The molecule has 0 fully saturated rings. The zero-order valence-electron chi connectivity index (χ0n) is 11.3. The molecule has 0 amide bonds. The first-order chi connectivity index (χ1) is 7.67. The highest BCUT2D eigenvalue weighted by atomic mass is 15.4.